The maximum Gasteiger partial charge on any atom is 0.305 e. The molecule has 3 heterocycles. The van der Waals surface area contributed by atoms with E-state index in [0.717, 1.165) is 38.6 Å². The summed E-state index contributed by atoms with van der Waals surface area (Å²) in [5.74, 6) is 0.458. The number of halogens is 1. The smallest absolute Gasteiger partial charge is 0.305 e. The summed E-state index contributed by atoms with van der Waals surface area (Å²) >= 11 is 3.59. The van der Waals surface area contributed by atoms with Gasteiger partial charge in [-0.25, -0.2) is 4.98 Å². The summed E-state index contributed by atoms with van der Waals surface area (Å²) in [5.41, 5.74) is 4.54. The lowest BCUT2D eigenvalue weighted by atomic mass is 9.97. The lowest BCUT2D eigenvalue weighted by molar-refractivity contribution is -0.141. The number of benzene rings is 1. The lowest BCUT2D eigenvalue weighted by Crippen LogP contribution is -2.17. The molecule has 3 aromatic rings. The number of nitrogens with zero attached hydrogens (tertiary/aromatic N) is 4. The van der Waals surface area contributed by atoms with Gasteiger partial charge in [0.2, 0.25) is 0 Å². The number of carbonyl (C=O) groups excluding carboxylic acids is 1. The summed E-state index contributed by atoms with van der Waals surface area (Å²) in [6.07, 6.45) is 3.86. The van der Waals surface area contributed by atoms with Gasteiger partial charge in [-0.2, -0.15) is 0 Å². The molecule has 6 nitrogen and oxygen atoms in total. The minimum atomic E-state index is -0.314. The largest absolute Gasteiger partial charge is 0.469 e. The molecule has 1 unspecified atom stereocenters. The van der Waals surface area contributed by atoms with Gasteiger partial charge >= 0.3 is 5.97 Å². The Kier molecular flexibility index (Phi) is 5.32. The highest BCUT2D eigenvalue weighted by Crippen LogP contribution is 2.37. The Morgan fingerprint density at radius 3 is 2.83 bits per heavy atom. The molecule has 2 aromatic heterocycles. The molecule has 2 atom stereocenters. The highest BCUT2D eigenvalue weighted by Gasteiger charge is 2.32. The lowest BCUT2D eigenvalue weighted by Gasteiger charge is -2.19. The van der Waals surface area contributed by atoms with Crippen molar-refractivity contribution in [2.24, 2.45) is 10.9 Å². The van der Waals surface area contributed by atoms with E-state index < -0.39 is 0 Å². The molecule has 0 fully saturated rings. The highest BCUT2D eigenvalue weighted by atomic mass is 79.9. The molecule has 1 aromatic carbocycles. The zero-order chi connectivity index (χ0) is 20.5. The Hall–Kier alpha value is -2.80. The van der Waals surface area contributed by atoms with Gasteiger partial charge in [-0.15, -0.1) is 0 Å². The molecule has 0 amide bonds. The van der Waals surface area contributed by atoms with E-state index in [1.54, 1.807) is 6.20 Å². The molecule has 4 rings (SSSR count). The predicted molar refractivity (Wildman–Crippen MR) is 114 cm³/mol. The fourth-order valence-electron chi connectivity index (χ4n) is 3.68. The standard InChI is InChI=1S/C22H21BrN4O2/c1-13(10-19(28)29-3)20-22-25-12-14(2)27(22)18-8-7-15(23)11-16(18)21(26-20)17-6-4-5-9-24-17/h4-9,11-13,20H,10H2,1-3H3/t13?,20-/m0/s1. The van der Waals surface area contributed by atoms with Gasteiger partial charge in [0.05, 0.1) is 30.6 Å². The second-order valence-electron chi connectivity index (χ2n) is 7.15. The SMILES string of the molecule is COC(=O)CC(C)[C@@H]1N=C(c2ccccn2)c2cc(Br)ccc2-n2c(C)cnc21. The second-order valence-corrected chi connectivity index (χ2v) is 8.07. The van der Waals surface area contributed by atoms with Crippen LogP contribution in [0.4, 0.5) is 0 Å². The summed E-state index contributed by atoms with van der Waals surface area (Å²) in [4.78, 5) is 26.3. The third-order valence-corrected chi connectivity index (χ3v) is 5.61. The Morgan fingerprint density at radius 1 is 1.28 bits per heavy atom. The topological polar surface area (TPSA) is 69.4 Å². The molecule has 0 saturated carbocycles. The first kappa shape index (κ1) is 19.5. The van der Waals surface area contributed by atoms with E-state index in [9.17, 15) is 4.79 Å². The van der Waals surface area contributed by atoms with E-state index in [-0.39, 0.29) is 24.3 Å². The van der Waals surface area contributed by atoms with Crippen LogP contribution in [0.2, 0.25) is 0 Å². The van der Waals surface area contributed by atoms with Crippen LogP contribution < -0.4 is 0 Å². The van der Waals surface area contributed by atoms with Crippen LogP contribution >= 0.6 is 15.9 Å². The molecular weight excluding hydrogens is 432 g/mol. The van der Waals surface area contributed by atoms with E-state index >= 15 is 0 Å². The number of ether oxygens (including phenoxy) is 1. The predicted octanol–water partition coefficient (Wildman–Crippen LogP) is 4.43. The van der Waals surface area contributed by atoms with Crippen molar-refractivity contribution in [3.8, 4) is 5.69 Å². The summed E-state index contributed by atoms with van der Waals surface area (Å²) in [6.45, 7) is 4.03. The fourth-order valence-corrected chi connectivity index (χ4v) is 4.04. The number of aryl methyl sites for hydroxylation is 1. The van der Waals surface area contributed by atoms with Crippen LogP contribution in [0.3, 0.4) is 0 Å². The van der Waals surface area contributed by atoms with Crippen molar-refractivity contribution >= 4 is 27.6 Å². The average Bonchev–Trinajstić information content (AvgIpc) is 3.03. The third kappa shape index (κ3) is 3.62. The Balaban J connectivity index is 1.97. The van der Waals surface area contributed by atoms with Crippen molar-refractivity contribution in [3.05, 3.63) is 76.0 Å². The number of fused-ring (bicyclic) bond motifs is 3. The molecule has 148 valence electrons. The Morgan fingerprint density at radius 2 is 2.10 bits per heavy atom. The van der Waals surface area contributed by atoms with Crippen LogP contribution in [0.5, 0.6) is 0 Å². The van der Waals surface area contributed by atoms with E-state index in [4.69, 9.17) is 9.73 Å². The number of esters is 1. The van der Waals surface area contributed by atoms with Crippen molar-refractivity contribution in [3.63, 3.8) is 0 Å². The summed E-state index contributed by atoms with van der Waals surface area (Å²) in [6, 6.07) is 11.6. The van der Waals surface area contributed by atoms with E-state index in [1.165, 1.54) is 7.11 Å². The number of carbonyl (C=O) groups is 1. The summed E-state index contributed by atoms with van der Waals surface area (Å²) in [7, 11) is 1.41. The number of pyridine rings is 1. The van der Waals surface area contributed by atoms with Gasteiger partial charge in [0.15, 0.2) is 0 Å². The molecule has 0 saturated heterocycles. The monoisotopic (exact) mass is 452 g/mol. The molecule has 0 aliphatic carbocycles. The second kappa shape index (κ2) is 7.91. The van der Waals surface area contributed by atoms with Crippen LogP contribution in [0.15, 0.2) is 58.3 Å². The van der Waals surface area contributed by atoms with Gasteiger partial charge in [0.1, 0.15) is 11.9 Å². The van der Waals surface area contributed by atoms with Crippen molar-refractivity contribution < 1.29 is 9.53 Å². The zero-order valence-corrected chi connectivity index (χ0v) is 18.0. The molecule has 1 aliphatic rings. The quantitative estimate of drug-likeness (QED) is 0.549. The minimum Gasteiger partial charge on any atom is -0.469 e. The molecule has 7 heteroatoms. The Bertz CT molecular complexity index is 1090. The zero-order valence-electron chi connectivity index (χ0n) is 16.5. The number of aliphatic imine (C=N–C) groups is 1. The number of rotatable bonds is 4. The molecule has 0 N–H and O–H groups in total. The van der Waals surface area contributed by atoms with Gasteiger partial charge in [-0.1, -0.05) is 28.9 Å². The normalized spacial score (nSPS) is 16.3. The van der Waals surface area contributed by atoms with E-state index in [1.807, 2.05) is 44.3 Å². The van der Waals surface area contributed by atoms with Crippen LogP contribution in [0.1, 0.15) is 42.2 Å². The molecular formula is C22H21BrN4O2. The third-order valence-electron chi connectivity index (χ3n) is 5.12. The highest BCUT2D eigenvalue weighted by molar-refractivity contribution is 9.10. The van der Waals surface area contributed by atoms with E-state index in [0.29, 0.717) is 0 Å². The molecule has 29 heavy (non-hydrogen) atoms. The molecule has 0 spiro atoms. The van der Waals surface area contributed by atoms with Crippen LogP contribution in [-0.4, -0.2) is 33.3 Å². The van der Waals surface area contributed by atoms with Gasteiger partial charge in [0.25, 0.3) is 0 Å². The number of methoxy groups -OCH3 is 1. The Labute approximate surface area is 177 Å². The minimum absolute atomic E-state index is 0.0977. The van der Waals surface area contributed by atoms with Crippen LogP contribution in [0.25, 0.3) is 5.69 Å². The number of hydrogen-bond donors (Lipinski definition) is 0. The maximum atomic E-state index is 12.0. The number of imidazole rings is 1. The average molecular weight is 453 g/mol. The van der Waals surface area contributed by atoms with Crippen LogP contribution in [-0.2, 0) is 9.53 Å². The van der Waals surface area contributed by atoms with Crippen molar-refractivity contribution in [1.29, 1.82) is 0 Å². The first-order valence-electron chi connectivity index (χ1n) is 9.40. The van der Waals surface area contributed by atoms with Gasteiger partial charge in [-0.3, -0.25) is 19.3 Å². The van der Waals surface area contributed by atoms with Crippen LogP contribution in [0, 0.1) is 12.8 Å². The van der Waals surface area contributed by atoms with Gasteiger partial charge in [0, 0.05) is 28.1 Å². The molecule has 0 bridgehead atoms. The summed E-state index contributed by atoms with van der Waals surface area (Å²) < 4.78 is 7.98. The first-order chi connectivity index (χ1) is 14.0. The van der Waals surface area contributed by atoms with Gasteiger partial charge in [-0.05, 0) is 43.2 Å². The molecule has 1 aliphatic heterocycles. The van der Waals surface area contributed by atoms with Crippen molar-refractivity contribution in [2.45, 2.75) is 26.3 Å². The van der Waals surface area contributed by atoms with Gasteiger partial charge < -0.3 is 4.74 Å². The number of hydrogen-bond acceptors (Lipinski definition) is 5. The van der Waals surface area contributed by atoms with Crippen molar-refractivity contribution in [1.82, 2.24) is 14.5 Å². The van der Waals surface area contributed by atoms with E-state index in [2.05, 4.69) is 42.6 Å². The molecule has 0 radical (unpaired) electrons. The summed E-state index contributed by atoms with van der Waals surface area (Å²) in [5, 5.41) is 0. The number of aromatic nitrogens is 3. The maximum absolute atomic E-state index is 12.0. The fraction of sp³-hybridized carbons (Fsp3) is 0.273. The first-order valence-corrected chi connectivity index (χ1v) is 10.2. The van der Waals surface area contributed by atoms with Crippen molar-refractivity contribution in [2.75, 3.05) is 7.11 Å².